The van der Waals surface area contributed by atoms with Crippen LogP contribution in [0.15, 0.2) is 30.6 Å². The molecule has 35 heavy (non-hydrogen) atoms. The summed E-state index contributed by atoms with van der Waals surface area (Å²) in [6, 6.07) is 7.34. The van der Waals surface area contributed by atoms with Gasteiger partial charge < -0.3 is 10.0 Å². The summed E-state index contributed by atoms with van der Waals surface area (Å²) in [6.45, 7) is 2.32. The van der Waals surface area contributed by atoms with E-state index in [2.05, 4.69) is 32.0 Å². The highest BCUT2D eigenvalue weighted by Crippen LogP contribution is 2.52. The second-order valence-electron chi connectivity index (χ2n) is 10.5. The maximum Gasteiger partial charge on any atom is 0.194 e. The van der Waals surface area contributed by atoms with E-state index in [1.54, 1.807) is 24.5 Å². The average molecular weight is 491 g/mol. The predicted octanol–water partition coefficient (Wildman–Crippen LogP) is 5.52. The molecule has 180 valence electrons. The number of thiazole rings is 1. The third kappa shape index (κ3) is 4.14. The Bertz CT molecular complexity index is 1290. The minimum Gasteiger partial charge on any atom is -0.507 e. The van der Waals surface area contributed by atoms with Gasteiger partial charge in [0.1, 0.15) is 18.0 Å². The summed E-state index contributed by atoms with van der Waals surface area (Å²) in [5.41, 5.74) is 1.43. The normalized spacial score (nSPS) is 27.9. The highest BCUT2D eigenvalue weighted by Gasteiger charge is 2.50. The lowest BCUT2D eigenvalue weighted by Crippen LogP contribution is -2.54. The van der Waals surface area contributed by atoms with Gasteiger partial charge in [0.15, 0.2) is 16.6 Å². The van der Waals surface area contributed by atoms with Gasteiger partial charge in [0.25, 0.3) is 0 Å². The van der Waals surface area contributed by atoms with Gasteiger partial charge in [-0.15, -0.1) is 21.5 Å². The van der Waals surface area contributed by atoms with Crippen LogP contribution in [0, 0.1) is 22.7 Å². The van der Waals surface area contributed by atoms with Crippen LogP contribution in [0.25, 0.3) is 21.8 Å². The number of nitriles is 1. The molecule has 0 aliphatic heterocycles. The Morgan fingerprint density at radius 2 is 2.03 bits per heavy atom. The average Bonchev–Trinajstić information content (AvgIpc) is 3.57. The van der Waals surface area contributed by atoms with Gasteiger partial charge in [-0.05, 0) is 67.6 Å². The lowest BCUT2D eigenvalue weighted by molar-refractivity contribution is 0.00942. The number of phenolic OH excluding ortho intramolecular Hbond substituents is 1. The molecule has 2 heterocycles. The number of aromatic nitrogens is 4. The summed E-state index contributed by atoms with van der Waals surface area (Å²) in [5, 5.41) is 28.8. The summed E-state index contributed by atoms with van der Waals surface area (Å²) < 4.78 is 15.6. The molecule has 1 N–H and O–H groups in total. The summed E-state index contributed by atoms with van der Waals surface area (Å²) >= 11 is 1.27. The van der Waals surface area contributed by atoms with Crippen molar-refractivity contribution in [2.45, 2.75) is 70.1 Å². The van der Waals surface area contributed by atoms with Gasteiger partial charge in [-0.3, -0.25) is 0 Å². The van der Waals surface area contributed by atoms with E-state index in [-0.39, 0.29) is 23.1 Å². The molecule has 0 spiro atoms. The van der Waals surface area contributed by atoms with Crippen LogP contribution in [0.5, 0.6) is 5.75 Å². The zero-order chi connectivity index (χ0) is 24.2. The number of halogens is 1. The molecule has 9 heteroatoms. The largest absolute Gasteiger partial charge is 0.507 e. The molecule has 3 aliphatic carbocycles. The Balaban J connectivity index is 1.26. The molecule has 7 nitrogen and oxygen atoms in total. The molecule has 3 fully saturated rings. The number of anilines is 1. The van der Waals surface area contributed by atoms with E-state index in [1.807, 2.05) is 12.1 Å². The maximum absolute atomic E-state index is 15.6. The molecule has 0 saturated heterocycles. The van der Waals surface area contributed by atoms with Crippen molar-refractivity contribution >= 4 is 17.2 Å². The molecule has 1 aromatic carbocycles. The van der Waals surface area contributed by atoms with Crippen LogP contribution in [-0.2, 0) is 0 Å². The third-order valence-electron chi connectivity index (χ3n) is 7.87. The number of phenols is 1. The molecule has 3 saturated carbocycles. The summed E-state index contributed by atoms with van der Waals surface area (Å²) in [5.74, 6) is 1.10. The fourth-order valence-corrected chi connectivity index (χ4v) is 6.80. The highest BCUT2D eigenvalue weighted by molar-refractivity contribution is 7.15. The van der Waals surface area contributed by atoms with Crippen LogP contribution < -0.4 is 4.90 Å². The lowest BCUT2D eigenvalue weighted by Gasteiger charge is -2.51. The Kier molecular flexibility index (Phi) is 5.44. The molecule has 2 aromatic heterocycles. The smallest absolute Gasteiger partial charge is 0.194 e. The molecule has 4 atom stereocenters. The molecule has 0 radical (unpaired) electrons. The standard InChI is InChI=1S/C26H27FN6OS/c1-26-8-2-3-16(10-26)24(27)19(11-26)33(17-5-6-17)22-14-30-25(32-31-22)18-7-4-15(9-20(18)34)21-13-29-23(12-28)35-21/h4,7,9,13-14,16-17,19,24,34H,2-3,5-6,8,10-11H2,1H3/t16-,19-,24+,26+/m1/s1. The van der Waals surface area contributed by atoms with Gasteiger partial charge in [-0.1, -0.05) is 19.4 Å². The summed E-state index contributed by atoms with van der Waals surface area (Å²) in [6.07, 6.45) is 9.63. The second-order valence-corrected chi connectivity index (χ2v) is 11.6. The van der Waals surface area contributed by atoms with Crippen LogP contribution in [0.3, 0.4) is 0 Å². The minimum absolute atomic E-state index is 0.0276. The minimum atomic E-state index is -0.852. The molecule has 0 unspecified atom stereocenters. The topological polar surface area (TPSA) is 98.8 Å². The third-order valence-corrected chi connectivity index (χ3v) is 8.82. The summed E-state index contributed by atoms with van der Waals surface area (Å²) in [4.78, 5) is 11.5. The molecule has 3 aromatic rings. The highest BCUT2D eigenvalue weighted by atomic mass is 32.1. The zero-order valence-corrected chi connectivity index (χ0v) is 20.4. The number of hydrogen-bond acceptors (Lipinski definition) is 8. The van der Waals surface area contributed by atoms with Crippen molar-refractivity contribution in [2.24, 2.45) is 11.3 Å². The number of alkyl halides is 1. The molecular formula is C26H27FN6OS. The van der Waals surface area contributed by atoms with E-state index < -0.39 is 6.17 Å². The summed E-state index contributed by atoms with van der Waals surface area (Å²) in [7, 11) is 0. The number of hydrogen-bond donors (Lipinski definition) is 1. The van der Waals surface area contributed by atoms with E-state index in [1.165, 1.54) is 17.8 Å². The quantitative estimate of drug-likeness (QED) is 0.503. The molecule has 6 rings (SSSR count). The van der Waals surface area contributed by atoms with Crippen LogP contribution in [0.2, 0.25) is 0 Å². The van der Waals surface area contributed by atoms with E-state index in [9.17, 15) is 5.11 Å². The van der Waals surface area contributed by atoms with Crippen molar-refractivity contribution < 1.29 is 9.50 Å². The van der Waals surface area contributed by atoms with E-state index >= 15 is 4.39 Å². The van der Waals surface area contributed by atoms with Crippen LogP contribution in [0.1, 0.15) is 56.9 Å². The van der Waals surface area contributed by atoms with Crippen molar-refractivity contribution in [3.63, 3.8) is 0 Å². The second kappa shape index (κ2) is 8.52. The van der Waals surface area contributed by atoms with E-state index in [0.717, 1.165) is 49.0 Å². The van der Waals surface area contributed by atoms with Crippen LogP contribution >= 0.6 is 11.3 Å². The lowest BCUT2D eigenvalue weighted by atomic mass is 9.60. The van der Waals surface area contributed by atoms with E-state index in [0.29, 0.717) is 28.3 Å². The zero-order valence-electron chi connectivity index (χ0n) is 19.6. The molecule has 2 bridgehead atoms. The fraction of sp³-hybridized carbons (Fsp3) is 0.500. The fourth-order valence-electron chi connectivity index (χ4n) is 6.09. The Morgan fingerprint density at radius 3 is 2.71 bits per heavy atom. The Hall–Kier alpha value is -3.12. The monoisotopic (exact) mass is 490 g/mol. The van der Waals surface area contributed by atoms with Crippen LogP contribution in [0.4, 0.5) is 10.2 Å². The SMILES string of the molecule is C[C@]12CCC[C@H](C1)[C@H](F)[C@H](N(c1cnc(-c3ccc(-c4cnc(C#N)s4)cc3O)nn1)C1CC1)C2. The predicted molar refractivity (Wildman–Crippen MR) is 132 cm³/mol. The molecule has 3 aliphatic rings. The van der Waals surface area contributed by atoms with Crippen LogP contribution in [-0.4, -0.2) is 43.5 Å². The van der Waals surface area contributed by atoms with Gasteiger partial charge in [0.2, 0.25) is 0 Å². The van der Waals surface area contributed by atoms with E-state index in [4.69, 9.17) is 5.26 Å². The van der Waals surface area contributed by atoms with Gasteiger partial charge in [0, 0.05) is 12.2 Å². The number of nitrogens with zero attached hydrogens (tertiary/aromatic N) is 6. The van der Waals surface area contributed by atoms with Gasteiger partial charge >= 0.3 is 0 Å². The first kappa shape index (κ1) is 22.4. The van der Waals surface area contributed by atoms with Crippen molar-refractivity contribution in [2.75, 3.05) is 4.90 Å². The van der Waals surface area contributed by atoms with Gasteiger partial charge in [-0.2, -0.15) is 5.26 Å². The number of aromatic hydroxyl groups is 1. The maximum atomic E-state index is 15.6. The van der Waals surface area contributed by atoms with Crippen molar-refractivity contribution in [3.05, 3.63) is 35.6 Å². The van der Waals surface area contributed by atoms with Crippen molar-refractivity contribution in [3.8, 4) is 33.6 Å². The first-order valence-electron chi connectivity index (χ1n) is 12.3. The first-order valence-corrected chi connectivity index (χ1v) is 13.1. The number of benzene rings is 1. The molecule has 0 amide bonds. The molecular weight excluding hydrogens is 463 g/mol. The van der Waals surface area contributed by atoms with Crippen molar-refractivity contribution in [1.29, 1.82) is 5.26 Å². The van der Waals surface area contributed by atoms with Gasteiger partial charge in [-0.25, -0.2) is 14.4 Å². The Morgan fingerprint density at radius 1 is 1.17 bits per heavy atom. The first-order chi connectivity index (χ1) is 16.9. The number of rotatable bonds is 5. The number of fused-ring (bicyclic) bond motifs is 2. The van der Waals surface area contributed by atoms with Crippen molar-refractivity contribution in [1.82, 2.24) is 20.2 Å². The Labute approximate surface area is 207 Å². The van der Waals surface area contributed by atoms with Gasteiger partial charge in [0.05, 0.1) is 22.7 Å².